The van der Waals surface area contributed by atoms with Crippen molar-refractivity contribution in [3.05, 3.63) is 34.4 Å². The highest BCUT2D eigenvalue weighted by Gasteiger charge is 2.28. The molecule has 0 aromatic heterocycles. The highest BCUT2D eigenvalue weighted by Crippen LogP contribution is 2.30. The van der Waals surface area contributed by atoms with Gasteiger partial charge >= 0.3 is 11.9 Å². The minimum absolute atomic E-state index is 0.217. The molecule has 0 spiro atoms. The molecule has 0 unspecified atom stereocenters. The van der Waals surface area contributed by atoms with Crippen LogP contribution in [0.25, 0.3) is 0 Å². The Morgan fingerprint density at radius 1 is 1.15 bits per heavy atom. The fourth-order valence-electron chi connectivity index (χ4n) is 2.26. The highest BCUT2D eigenvalue weighted by atomic mass is 16.4. The molecule has 0 aliphatic heterocycles. The van der Waals surface area contributed by atoms with Gasteiger partial charge in [-0.3, -0.25) is 0 Å². The van der Waals surface area contributed by atoms with Crippen LogP contribution in [0.15, 0.2) is 12.1 Å². The molecule has 5 heteroatoms. The Bertz CT molecular complexity index is 526. The quantitative estimate of drug-likeness (QED) is 0.744. The van der Waals surface area contributed by atoms with Gasteiger partial charge in [0.15, 0.2) is 0 Å². The summed E-state index contributed by atoms with van der Waals surface area (Å²) in [5, 5.41) is 28.6. The van der Waals surface area contributed by atoms with Crippen LogP contribution < -0.4 is 0 Å². The molecule has 110 valence electrons. The molecule has 0 aliphatic carbocycles. The van der Waals surface area contributed by atoms with Crippen LogP contribution in [-0.4, -0.2) is 27.3 Å². The zero-order valence-corrected chi connectivity index (χ0v) is 11.9. The smallest absolute Gasteiger partial charge is 0.336 e. The van der Waals surface area contributed by atoms with Crippen molar-refractivity contribution in [3.63, 3.8) is 0 Å². The number of carboxylic acid groups (broad SMARTS) is 2. The van der Waals surface area contributed by atoms with Gasteiger partial charge in [-0.15, -0.1) is 0 Å². The zero-order valence-electron chi connectivity index (χ0n) is 11.9. The van der Waals surface area contributed by atoms with Crippen LogP contribution in [0.2, 0.25) is 0 Å². The van der Waals surface area contributed by atoms with Crippen molar-refractivity contribution in [1.29, 1.82) is 0 Å². The summed E-state index contributed by atoms with van der Waals surface area (Å²) in [5.41, 5.74) is -0.799. The van der Waals surface area contributed by atoms with E-state index in [1.54, 1.807) is 13.8 Å². The largest absolute Gasteiger partial charge is 0.478 e. The van der Waals surface area contributed by atoms with Gasteiger partial charge in [-0.2, -0.15) is 0 Å². The van der Waals surface area contributed by atoms with Crippen molar-refractivity contribution in [2.24, 2.45) is 0 Å². The highest BCUT2D eigenvalue weighted by molar-refractivity contribution is 6.03. The molecule has 0 saturated carbocycles. The monoisotopic (exact) mass is 280 g/mol. The molecule has 0 atom stereocenters. The van der Waals surface area contributed by atoms with Gasteiger partial charge in [0.05, 0.1) is 16.7 Å². The number of aromatic carboxylic acids is 2. The molecule has 0 fully saturated rings. The number of carboxylic acids is 2. The lowest BCUT2D eigenvalue weighted by Crippen LogP contribution is -2.22. The maximum Gasteiger partial charge on any atom is 0.336 e. The van der Waals surface area contributed by atoms with Crippen LogP contribution >= 0.6 is 0 Å². The standard InChI is InChI=1S/C15H20O5/c1-4-5-6-9-11(15(2,3)20)8-7-10(13(16)17)12(9)14(18)19/h7-8,20H,4-6H2,1-3H3,(H,16,17)(H,18,19). The second-order valence-corrected chi connectivity index (χ2v) is 5.29. The van der Waals surface area contributed by atoms with Crippen LogP contribution in [0.1, 0.15) is 65.5 Å². The summed E-state index contributed by atoms with van der Waals surface area (Å²) in [5.74, 6) is -2.55. The lowest BCUT2D eigenvalue weighted by Gasteiger charge is -2.24. The molecule has 0 radical (unpaired) electrons. The van der Waals surface area contributed by atoms with E-state index in [-0.39, 0.29) is 11.1 Å². The van der Waals surface area contributed by atoms with Gasteiger partial charge in [-0.1, -0.05) is 19.4 Å². The summed E-state index contributed by atoms with van der Waals surface area (Å²) in [7, 11) is 0. The first-order chi connectivity index (χ1) is 9.20. The van der Waals surface area contributed by atoms with Crippen LogP contribution in [0.5, 0.6) is 0 Å². The number of unbranched alkanes of at least 4 members (excludes halogenated alkanes) is 1. The normalized spacial score (nSPS) is 11.4. The third kappa shape index (κ3) is 3.36. The SMILES string of the molecule is CCCCc1c(C(C)(C)O)ccc(C(=O)O)c1C(=O)O. The Morgan fingerprint density at radius 3 is 2.15 bits per heavy atom. The van der Waals surface area contributed by atoms with Crippen LogP contribution in [0.4, 0.5) is 0 Å². The Kier molecular flexibility index (Phi) is 4.89. The maximum atomic E-state index is 11.4. The molecule has 3 N–H and O–H groups in total. The van der Waals surface area contributed by atoms with Crippen molar-refractivity contribution >= 4 is 11.9 Å². The van der Waals surface area contributed by atoms with Crippen molar-refractivity contribution in [2.45, 2.75) is 45.6 Å². The fourth-order valence-corrected chi connectivity index (χ4v) is 2.26. The van der Waals surface area contributed by atoms with Gasteiger partial charge in [0.2, 0.25) is 0 Å². The van der Waals surface area contributed by atoms with Crippen molar-refractivity contribution < 1.29 is 24.9 Å². The fraction of sp³-hybridized carbons (Fsp3) is 0.467. The van der Waals surface area contributed by atoms with Crippen molar-refractivity contribution in [1.82, 2.24) is 0 Å². The molecule has 1 aromatic rings. The molecule has 5 nitrogen and oxygen atoms in total. The van der Waals surface area contributed by atoms with E-state index in [2.05, 4.69) is 0 Å². The van der Waals surface area contributed by atoms with E-state index in [0.29, 0.717) is 17.5 Å². The molecule has 1 rings (SSSR count). The summed E-state index contributed by atoms with van der Waals surface area (Å²) in [6, 6.07) is 2.75. The number of aliphatic hydroxyl groups is 1. The summed E-state index contributed by atoms with van der Waals surface area (Å²) in [6.07, 6.45) is 2.01. The van der Waals surface area contributed by atoms with E-state index in [0.717, 1.165) is 12.8 Å². The van der Waals surface area contributed by atoms with Gasteiger partial charge < -0.3 is 15.3 Å². The second-order valence-electron chi connectivity index (χ2n) is 5.29. The minimum Gasteiger partial charge on any atom is -0.478 e. The van der Waals surface area contributed by atoms with Gasteiger partial charge in [-0.25, -0.2) is 9.59 Å². The first-order valence-corrected chi connectivity index (χ1v) is 6.55. The third-order valence-corrected chi connectivity index (χ3v) is 3.20. The van der Waals surface area contributed by atoms with Gasteiger partial charge in [0, 0.05) is 0 Å². The average molecular weight is 280 g/mol. The molecule has 0 heterocycles. The van der Waals surface area contributed by atoms with Gasteiger partial charge in [0.25, 0.3) is 0 Å². The van der Waals surface area contributed by atoms with Crippen LogP contribution in [0, 0.1) is 0 Å². The number of benzene rings is 1. The summed E-state index contributed by atoms with van der Waals surface area (Å²) in [6.45, 7) is 5.08. The topological polar surface area (TPSA) is 94.8 Å². The Balaban J connectivity index is 3.61. The third-order valence-electron chi connectivity index (χ3n) is 3.20. The number of hydrogen-bond acceptors (Lipinski definition) is 3. The summed E-state index contributed by atoms with van der Waals surface area (Å²) in [4.78, 5) is 22.6. The maximum absolute atomic E-state index is 11.4. The Hall–Kier alpha value is -1.88. The molecule has 0 amide bonds. The first kappa shape index (κ1) is 16.2. The van der Waals surface area contributed by atoms with E-state index in [1.165, 1.54) is 12.1 Å². The molecule has 1 aromatic carbocycles. The van der Waals surface area contributed by atoms with E-state index in [9.17, 15) is 19.8 Å². The predicted molar refractivity (Wildman–Crippen MR) is 74.2 cm³/mol. The van der Waals surface area contributed by atoms with Gasteiger partial charge in [-0.05, 0) is 43.9 Å². The number of carbonyl (C=O) groups is 2. The molecular formula is C15H20O5. The molecular weight excluding hydrogens is 260 g/mol. The molecule has 0 aliphatic rings. The average Bonchev–Trinajstić information content (AvgIpc) is 2.33. The van der Waals surface area contributed by atoms with Crippen molar-refractivity contribution in [3.8, 4) is 0 Å². The van der Waals surface area contributed by atoms with Crippen molar-refractivity contribution in [2.75, 3.05) is 0 Å². The second kappa shape index (κ2) is 6.05. The van der Waals surface area contributed by atoms with Crippen LogP contribution in [-0.2, 0) is 12.0 Å². The Labute approximate surface area is 117 Å². The lowest BCUT2D eigenvalue weighted by atomic mass is 9.85. The summed E-state index contributed by atoms with van der Waals surface area (Å²) < 4.78 is 0. The minimum atomic E-state index is -1.28. The molecule has 20 heavy (non-hydrogen) atoms. The van der Waals surface area contributed by atoms with Crippen LogP contribution in [0.3, 0.4) is 0 Å². The van der Waals surface area contributed by atoms with E-state index < -0.39 is 17.5 Å². The number of hydrogen-bond donors (Lipinski definition) is 3. The predicted octanol–water partition coefficient (Wildman–Crippen LogP) is 2.65. The lowest BCUT2D eigenvalue weighted by molar-refractivity contribution is 0.0643. The van der Waals surface area contributed by atoms with E-state index in [1.807, 2.05) is 6.92 Å². The number of rotatable bonds is 6. The molecule has 0 bridgehead atoms. The first-order valence-electron chi connectivity index (χ1n) is 6.55. The zero-order chi connectivity index (χ0) is 15.5. The van der Waals surface area contributed by atoms with E-state index >= 15 is 0 Å². The summed E-state index contributed by atoms with van der Waals surface area (Å²) >= 11 is 0. The van der Waals surface area contributed by atoms with E-state index in [4.69, 9.17) is 5.11 Å². The van der Waals surface area contributed by atoms with Gasteiger partial charge in [0.1, 0.15) is 0 Å². The molecule has 0 saturated heterocycles. The Morgan fingerprint density at radius 2 is 1.75 bits per heavy atom.